The van der Waals surface area contributed by atoms with Crippen molar-refractivity contribution in [3.05, 3.63) is 76.4 Å². The number of ether oxygens (including phenoxy) is 1. The van der Waals surface area contributed by atoms with Gasteiger partial charge in [-0.25, -0.2) is 0 Å². The molecule has 0 saturated carbocycles. The van der Waals surface area contributed by atoms with Crippen molar-refractivity contribution < 1.29 is 9.53 Å². The molecule has 0 aliphatic carbocycles. The molecule has 2 rings (SSSR count). The van der Waals surface area contributed by atoms with Crippen molar-refractivity contribution in [3.63, 3.8) is 0 Å². The number of aldehydes is 1. The summed E-state index contributed by atoms with van der Waals surface area (Å²) in [4.78, 5) is 10.8. The summed E-state index contributed by atoms with van der Waals surface area (Å²) in [5.74, 6) is 0.761. The first-order valence-corrected chi connectivity index (χ1v) is 6.82. The number of rotatable bonds is 5. The minimum absolute atomic E-state index is 0.574. The fraction of sp³-hybridized carbons (Fsp3) is 0.118. The summed E-state index contributed by atoms with van der Waals surface area (Å²) < 4.78 is 5.56. The highest BCUT2D eigenvalue weighted by atomic mass is 32.1. The van der Waals surface area contributed by atoms with Crippen molar-refractivity contribution in [1.29, 1.82) is 0 Å². The molecule has 0 fully saturated rings. The highest BCUT2D eigenvalue weighted by molar-refractivity contribution is 7.84. The Morgan fingerprint density at radius 1 is 1.15 bits per heavy atom. The second-order valence-electron chi connectivity index (χ2n) is 4.42. The number of thiol groups is 1. The lowest BCUT2D eigenvalue weighted by Gasteiger charge is -2.07. The van der Waals surface area contributed by atoms with Gasteiger partial charge in [0, 0.05) is 5.56 Å². The molecule has 0 aromatic heterocycles. The predicted molar refractivity (Wildman–Crippen MR) is 84.4 cm³/mol. The Hall–Kier alpha value is -2.00. The first kappa shape index (κ1) is 14.4. The van der Waals surface area contributed by atoms with E-state index < -0.39 is 0 Å². The van der Waals surface area contributed by atoms with Crippen LogP contribution in [0.25, 0.3) is 0 Å². The van der Waals surface area contributed by atoms with Crippen LogP contribution in [0.2, 0.25) is 0 Å². The minimum atomic E-state index is 0.574. The van der Waals surface area contributed by atoms with E-state index in [1.54, 1.807) is 12.1 Å². The Morgan fingerprint density at radius 2 is 1.85 bits per heavy atom. The van der Waals surface area contributed by atoms with Gasteiger partial charge in [0.25, 0.3) is 0 Å². The van der Waals surface area contributed by atoms with Crippen molar-refractivity contribution in [2.24, 2.45) is 0 Å². The highest BCUT2D eigenvalue weighted by Crippen LogP contribution is 2.19. The molecule has 102 valence electrons. The molecule has 0 atom stereocenters. The van der Waals surface area contributed by atoms with E-state index in [0.717, 1.165) is 29.6 Å². The fourth-order valence-electron chi connectivity index (χ4n) is 1.91. The zero-order chi connectivity index (χ0) is 14.4. The third kappa shape index (κ3) is 4.00. The summed E-state index contributed by atoms with van der Waals surface area (Å²) in [5, 5.41) is 0.574. The molecule has 0 aliphatic rings. The number of carbonyl (C=O) groups excluding carboxylic acids is 1. The lowest BCUT2D eigenvalue weighted by atomic mass is 10.0. The fourth-order valence-corrected chi connectivity index (χ4v) is 2.02. The van der Waals surface area contributed by atoms with Gasteiger partial charge in [-0.15, -0.1) is 12.6 Å². The van der Waals surface area contributed by atoms with Gasteiger partial charge >= 0.3 is 0 Å². The van der Waals surface area contributed by atoms with E-state index in [1.807, 2.05) is 49.4 Å². The molecule has 2 nitrogen and oxygen atoms in total. The van der Waals surface area contributed by atoms with Gasteiger partial charge in [0.05, 0.1) is 0 Å². The molecular weight excluding hydrogens is 268 g/mol. The van der Waals surface area contributed by atoms with Gasteiger partial charge in [-0.1, -0.05) is 30.3 Å². The van der Waals surface area contributed by atoms with Crippen LogP contribution in [0.5, 0.6) is 5.75 Å². The zero-order valence-corrected chi connectivity index (χ0v) is 12.1. The Labute approximate surface area is 124 Å². The molecule has 0 bridgehead atoms. The lowest BCUT2D eigenvalue weighted by Crippen LogP contribution is -1.92. The van der Waals surface area contributed by atoms with Crippen LogP contribution in [0.15, 0.2) is 59.7 Å². The first-order chi connectivity index (χ1) is 9.71. The van der Waals surface area contributed by atoms with E-state index >= 15 is 0 Å². The Morgan fingerprint density at radius 3 is 2.55 bits per heavy atom. The summed E-state index contributed by atoms with van der Waals surface area (Å²) in [6.45, 7) is 1.87. The molecule has 0 aliphatic heterocycles. The maximum atomic E-state index is 10.8. The van der Waals surface area contributed by atoms with Crippen LogP contribution in [0.3, 0.4) is 0 Å². The second kappa shape index (κ2) is 6.96. The average Bonchev–Trinajstić information content (AvgIpc) is 2.47. The van der Waals surface area contributed by atoms with Gasteiger partial charge in [0.1, 0.15) is 12.0 Å². The molecule has 2 aromatic carbocycles. The topological polar surface area (TPSA) is 26.3 Å². The lowest BCUT2D eigenvalue weighted by molar-refractivity contribution is 0.112. The van der Waals surface area contributed by atoms with Crippen LogP contribution in [0.1, 0.15) is 28.4 Å². The molecule has 0 N–H and O–H groups in total. The summed E-state index contributed by atoms with van der Waals surface area (Å²) in [7, 11) is 0. The van der Waals surface area contributed by atoms with Crippen LogP contribution >= 0.6 is 12.6 Å². The standard InChI is InChI=1S/C17H16O2S/c1-2-17(20)19-16-8-4-6-14(11-16)9-13-5-3-7-15(10-13)12-18/h2-8,10-12,20H,9H2,1H3/b17-2+. The van der Waals surface area contributed by atoms with Crippen molar-refractivity contribution >= 4 is 18.9 Å². The van der Waals surface area contributed by atoms with Crippen molar-refractivity contribution in [1.82, 2.24) is 0 Å². The maximum absolute atomic E-state index is 10.8. The van der Waals surface area contributed by atoms with Crippen molar-refractivity contribution in [2.75, 3.05) is 0 Å². The van der Waals surface area contributed by atoms with Crippen LogP contribution < -0.4 is 4.74 Å². The second-order valence-corrected chi connectivity index (χ2v) is 4.86. The van der Waals surface area contributed by atoms with Gasteiger partial charge < -0.3 is 4.74 Å². The number of hydrogen-bond acceptors (Lipinski definition) is 3. The monoisotopic (exact) mass is 284 g/mol. The molecule has 0 unspecified atom stereocenters. The Balaban J connectivity index is 2.16. The molecule has 0 saturated heterocycles. The number of benzene rings is 2. The third-order valence-electron chi connectivity index (χ3n) is 2.86. The smallest absolute Gasteiger partial charge is 0.153 e. The quantitative estimate of drug-likeness (QED) is 0.504. The number of allylic oxidation sites excluding steroid dienone is 1. The van der Waals surface area contributed by atoms with Crippen LogP contribution in [-0.4, -0.2) is 6.29 Å². The van der Waals surface area contributed by atoms with E-state index in [9.17, 15) is 4.79 Å². The third-order valence-corrected chi connectivity index (χ3v) is 3.21. The largest absolute Gasteiger partial charge is 0.451 e. The summed E-state index contributed by atoms with van der Waals surface area (Å²) in [5.41, 5.74) is 2.92. The SMILES string of the molecule is C/C=C(/S)Oc1cccc(Cc2cccc(C=O)c2)c1. The summed E-state index contributed by atoms with van der Waals surface area (Å²) >= 11 is 4.20. The molecule has 2 aromatic rings. The summed E-state index contributed by atoms with van der Waals surface area (Å²) in [6.07, 6.45) is 3.42. The van der Waals surface area contributed by atoms with Gasteiger partial charge in [-0.2, -0.15) is 0 Å². The van der Waals surface area contributed by atoms with E-state index in [0.29, 0.717) is 10.7 Å². The Bertz CT molecular complexity index is 632. The highest BCUT2D eigenvalue weighted by Gasteiger charge is 2.01. The van der Waals surface area contributed by atoms with Crippen LogP contribution in [0.4, 0.5) is 0 Å². The van der Waals surface area contributed by atoms with Crippen molar-refractivity contribution in [2.45, 2.75) is 13.3 Å². The summed E-state index contributed by atoms with van der Waals surface area (Å²) in [6, 6.07) is 15.5. The number of carbonyl (C=O) groups is 1. The predicted octanol–water partition coefficient (Wildman–Crippen LogP) is 4.26. The van der Waals surface area contributed by atoms with Crippen LogP contribution in [0, 0.1) is 0 Å². The van der Waals surface area contributed by atoms with Crippen LogP contribution in [-0.2, 0) is 6.42 Å². The zero-order valence-electron chi connectivity index (χ0n) is 11.2. The molecule has 20 heavy (non-hydrogen) atoms. The average molecular weight is 284 g/mol. The molecule has 0 radical (unpaired) electrons. The van der Waals surface area contributed by atoms with E-state index in [4.69, 9.17) is 4.74 Å². The van der Waals surface area contributed by atoms with Gasteiger partial charge in [-0.05, 0) is 48.7 Å². The first-order valence-electron chi connectivity index (χ1n) is 6.37. The van der Waals surface area contributed by atoms with Gasteiger partial charge in [0.2, 0.25) is 0 Å². The van der Waals surface area contributed by atoms with E-state index in [-0.39, 0.29) is 0 Å². The minimum Gasteiger partial charge on any atom is -0.451 e. The van der Waals surface area contributed by atoms with Gasteiger partial charge in [0.15, 0.2) is 5.09 Å². The molecular formula is C17H16O2S. The molecule has 0 amide bonds. The van der Waals surface area contributed by atoms with E-state index in [2.05, 4.69) is 12.6 Å². The van der Waals surface area contributed by atoms with Crippen molar-refractivity contribution in [3.8, 4) is 5.75 Å². The Kier molecular flexibility index (Phi) is 5.02. The molecule has 0 spiro atoms. The molecule has 0 heterocycles. The number of hydrogen-bond donors (Lipinski definition) is 1. The van der Waals surface area contributed by atoms with Gasteiger partial charge in [-0.3, -0.25) is 4.79 Å². The van der Waals surface area contributed by atoms with E-state index in [1.165, 1.54) is 0 Å². The maximum Gasteiger partial charge on any atom is 0.153 e. The molecule has 3 heteroatoms. The normalized spacial score (nSPS) is 11.2.